The minimum Gasteiger partial charge on any atom is -0.388 e. The molecule has 2 rings (SSSR count). The first-order valence-corrected chi connectivity index (χ1v) is 5.37. The zero-order valence-corrected chi connectivity index (χ0v) is 9.24. The normalized spacial score (nSPS) is 11.8. The Bertz CT molecular complexity index is 531. The third-order valence-electron chi connectivity index (χ3n) is 2.53. The van der Waals surface area contributed by atoms with E-state index in [0.29, 0.717) is 12.0 Å². The number of rotatable bonds is 3. The number of benzene rings is 1. The molecular formula is C14H12N2O. The highest BCUT2D eigenvalue weighted by molar-refractivity contribution is 5.34. The lowest BCUT2D eigenvalue weighted by Gasteiger charge is -2.10. The molecule has 0 radical (unpaired) electrons. The maximum absolute atomic E-state index is 10.0. The predicted molar refractivity (Wildman–Crippen MR) is 64.1 cm³/mol. The molecule has 0 amide bonds. The van der Waals surface area contributed by atoms with Crippen LogP contribution in [0.2, 0.25) is 0 Å². The fourth-order valence-corrected chi connectivity index (χ4v) is 1.65. The third-order valence-corrected chi connectivity index (χ3v) is 2.53. The van der Waals surface area contributed by atoms with Gasteiger partial charge in [0.2, 0.25) is 0 Å². The van der Waals surface area contributed by atoms with Gasteiger partial charge in [0.1, 0.15) is 0 Å². The lowest BCUT2D eigenvalue weighted by molar-refractivity contribution is 0.177. The van der Waals surface area contributed by atoms with E-state index in [1.165, 1.54) is 0 Å². The Kier molecular flexibility index (Phi) is 3.49. The molecule has 0 saturated heterocycles. The molecule has 0 saturated carbocycles. The number of aliphatic hydroxyl groups excluding tert-OH is 1. The van der Waals surface area contributed by atoms with Crippen LogP contribution in [0, 0.1) is 11.3 Å². The van der Waals surface area contributed by atoms with Crippen molar-refractivity contribution >= 4 is 0 Å². The van der Waals surface area contributed by atoms with Crippen LogP contribution < -0.4 is 0 Å². The van der Waals surface area contributed by atoms with Crippen LogP contribution in [-0.4, -0.2) is 10.1 Å². The summed E-state index contributed by atoms with van der Waals surface area (Å²) in [5.41, 5.74) is 2.14. The Balaban J connectivity index is 2.15. The fraction of sp³-hybridized carbons (Fsp3) is 0.143. The minimum atomic E-state index is -0.627. The Morgan fingerprint density at radius 1 is 1.24 bits per heavy atom. The van der Waals surface area contributed by atoms with Gasteiger partial charge in [0.05, 0.1) is 17.7 Å². The van der Waals surface area contributed by atoms with Crippen LogP contribution >= 0.6 is 0 Å². The second kappa shape index (κ2) is 5.24. The van der Waals surface area contributed by atoms with E-state index in [4.69, 9.17) is 5.26 Å². The molecule has 0 bridgehead atoms. The lowest BCUT2D eigenvalue weighted by Crippen LogP contribution is -2.03. The van der Waals surface area contributed by atoms with Crippen molar-refractivity contribution in [3.8, 4) is 6.07 Å². The largest absolute Gasteiger partial charge is 0.388 e. The van der Waals surface area contributed by atoms with Gasteiger partial charge in [-0.05, 0) is 29.8 Å². The number of hydrogen-bond acceptors (Lipinski definition) is 3. The van der Waals surface area contributed by atoms with Crippen molar-refractivity contribution in [3.05, 3.63) is 65.5 Å². The van der Waals surface area contributed by atoms with Crippen molar-refractivity contribution in [3.63, 3.8) is 0 Å². The summed E-state index contributed by atoms with van der Waals surface area (Å²) in [5, 5.41) is 18.8. The molecule has 2 aromatic rings. The van der Waals surface area contributed by atoms with Gasteiger partial charge < -0.3 is 5.11 Å². The molecule has 0 aliphatic carbocycles. The molecule has 0 spiro atoms. The van der Waals surface area contributed by atoms with E-state index in [1.54, 1.807) is 24.4 Å². The maximum atomic E-state index is 10.0. The second-order valence-electron chi connectivity index (χ2n) is 3.78. The first-order valence-electron chi connectivity index (χ1n) is 5.37. The Hall–Kier alpha value is -2.18. The third kappa shape index (κ3) is 2.90. The molecule has 84 valence electrons. The van der Waals surface area contributed by atoms with Crippen molar-refractivity contribution in [1.82, 2.24) is 4.98 Å². The van der Waals surface area contributed by atoms with E-state index >= 15 is 0 Å². The molecule has 17 heavy (non-hydrogen) atoms. The second-order valence-corrected chi connectivity index (χ2v) is 3.78. The van der Waals surface area contributed by atoms with Crippen LogP contribution in [0.4, 0.5) is 0 Å². The molecule has 1 unspecified atom stereocenters. The van der Waals surface area contributed by atoms with E-state index in [0.717, 1.165) is 11.3 Å². The first kappa shape index (κ1) is 11.3. The van der Waals surface area contributed by atoms with Gasteiger partial charge in [0, 0.05) is 18.3 Å². The number of aromatic nitrogens is 1. The molecule has 1 N–H and O–H groups in total. The fourth-order valence-electron chi connectivity index (χ4n) is 1.65. The van der Waals surface area contributed by atoms with Crippen LogP contribution in [0.25, 0.3) is 0 Å². The average Bonchev–Trinajstić information content (AvgIpc) is 2.40. The van der Waals surface area contributed by atoms with Crippen LogP contribution in [0.1, 0.15) is 22.9 Å². The van der Waals surface area contributed by atoms with Gasteiger partial charge in [0.25, 0.3) is 0 Å². The van der Waals surface area contributed by atoms with Crippen LogP contribution in [0.15, 0.2) is 48.7 Å². The smallest absolute Gasteiger partial charge is 0.0991 e. The SMILES string of the molecule is N#Cc1cccc(C(O)Cc2ccccn2)c1. The van der Waals surface area contributed by atoms with Crippen molar-refractivity contribution in [1.29, 1.82) is 5.26 Å². The van der Waals surface area contributed by atoms with Gasteiger partial charge in [-0.15, -0.1) is 0 Å². The van der Waals surface area contributed by atoms with Crippen molar-refractivity contribution < 1.29 is 5.11 Å². The predicted octanol–water partition coefficient (Wildman–Crippen LogP) is 2.23. The van der Waals surface area contributed by atoms with Gasteiger partial charge in [-0.1, -0.05) is 18.2 Å². The minimum absolute atomic E-state index is 0.454. The maximum Gasteiger partial charge on any atom is 0.0991 e. The summed E-state index contributed by atoms with van der Waals surface area (Å²) in [6, 6.07) is 14.7. The molecule has 3 nitrogen and oxygen atoms in total. The summed E-state index contributed by atoms with van der Waals surface area (Å²) in [6.07, 6.45) is 1.53. The zero-order chi connectivity index (χ0) is 12.1. The summed E-state index contributed by atoms with van der Waals surface area (Å²) in [6.45, 7) is 0. The first-order chi connectivity index (χ1) is 8.29. The topological polar surface area (TPSA) is 56.9 Å². The quantitative estimate of drug-likeness (QED) is 0.869. The summed E-state index contributed by atoms with van der Waals surface area (Å²) in [7, 11) is 0. The monoisotopic (exact) mass is 224 g/mol. The van der Waals surface area contributed by atoms with Crippen LogP contribution in [-0.2, 0) is 6.42 Å². The molecule has 1 aromatic carbocycles. The number of nitrogens with zero attached hydrogens (tertiary/aromatic N) is 2. The highest BCUT2D eigenvalue weighted by Gasteiger charge is 2.09. The molecule has 3 heteroatoms. The van der Waals surface area contributed by atoms with Crippen molar-refractivity contribution in [2.75, 3.05) is 0 Å². The summed E-state index contributed by atoms with van der Waals surface area (Å²) >= 11 is 0. The number of pyridine rings is 1. The summed E-state index contributed by atoms with van der Waals surface area (Å²) in [4.78, 5) is 4.16. The van der Waals surface area contributed by atoms with Gasteiger partial charge in [0.15, 0.2) is 0 Å². The lowest BCUT2D eigenvalue weighted by atomic mass is 10.0. The van der Waals surface area contributed by atoms with Gasteiger partial charge in [-0.25, -0.2) is 0 Å². The molecule has 0 aliphatic heterocycles. The number of hydrogen-bond donors (Lipinski definition) is 1. The highest BCUT2D eigenvalue weighted by Crippen LogP contribution is 2.18. The highest BCUT2D eigenvalue weighted by atomic mass is 16.3. The van der Waals surface area contributed by atoms with Crippen LogP contribution in [0.5, 0.6) is 0 Å². The van der Waals surface area contributed by atoms with Gasteiger partial charge >= 0.3 is 0 Å². The molecule has 1 heterocycles. The van der Waals surface area contributed by atoms with E-state index in [-0.39, 0.29) is 0 Å². The molecule has 1 atom stereocenters. The van der Waals surface area contributed by atoms with Crippen LogP contribution in [0.3, 0.4) is 0 Å². The summed E-state index contributed by atoms with van der Waals surface area (Å²) in [5.74, 6) is 0. The average molecular weight is 224 g/mol. The van der Waals surface area contributed by atoms with Crippen molar-refractivity contribution in [2.24, 2.45) is 0 Å². The van der Waals surface area contributed by atoms with Gasteiger partial charge in [-0.2, -0.15) is 5.26 Å². The zero-order valence-electron chi connectivity index (χ0n) is 9.24. The Morgan fingerprint density at radius 2 is 2.12 bits per heavy atom. The molecule has 1 aromatic heterocycles. The molecule has 0 fully saturated rings. The van der Waals surface area contributed by atoms with E-state index < -0.39 is 6.10 Å². The van der Waals surface area contributed by atoms with E-state index in [9.17, 15) is 5.11 Å². The van der Waals surface area contributed by atoms with E-state index in [2.05, 4.69) is 11.1 Å². The number of nitriles is 1. The number of aliphatic hydroxyl groups is 1. The standard InChI is InChI=1S/C14H12N2O/c15-10-11-4-3-5-12(8-11)14(17)9-13-6-1-2-7-16-13/h1-8,14,17H,9H2. The van der Waals surface area contributed by atoms with Gasteiger partial charge in [-0.3, -0.25) is 4.98 Å². The molecule has 0 aliphatic rings. The Labute approximate surface area is 100.0 Å². The summed E-state index contributed by atoms with van der Waals surface area (Å²) < 4.78 is 0. The Morgan fingerprint density at radius 3 is 2.82 bits per heavy atom. The van der Waals surface area contributed by atoms with Crippen molar-refractivity contribution in [2.45, 2.75) is 12.5 Å². The molecular weight excluding hydrogens is 212 g/mol. The van der Waals surface area contributed by atoms with E-state index in [1.807, 2.05) is 24.3 Å².